The van der Waals surface area contributed by atoms with Gasteiger partial charge in [0.15, 0.2) is 0 Å². The predicted molar refractivity (Wildman–Crippen MR) is 128 cm³/mol. The molecule has 1 atom stereocenters. The highest BCUT2D eigenvalue weighted by Gasteiger charge is 2.32. The maximum Gasteiger partial charge on any atom is 0.341 e. The molecule has 0 bridgehead atoms. The SMILES string of the molecule is CCOC(=O)c1cnn(-c2ccc(C(=O)N3CCn4cccc4C3c3ccccc3)cc2)c1C. The molecule has 5 rings (SSSR count). The van der Waals surface area contributed by atoms with Gasteiger partial charge in [0.2, 0.25) is 0 Å². The topological polar surface area (TPSA) is 69.4 Å². The van der Waals surface area contributed by atoms with Crippen molar-refractivity contribution in [3.05, 3.63) is 107 Å². The van der Waals surface area contributed by atoms with Crippen molar-refractivity contribution < 1.29 is 14.3 Å². The summed E-state index contributed by atoms with van der Waals surface area (Å²) in [4.78, 5) is 27.7. The summed E-state index contributed by atoms with van der Waals surface area (Å²) < 4.78 is 8.99. The minimum Gasteiger partial charge on any atom is -0.462 e. The van der Waals surface area contributed by atoms with E-state index < -0.39 is 0 Å². The highest BCUT2D eigenvalue weighted by molar-refractivity contribution is 5.95. The first-order chi connectivity index (χ1) is 16.6. The number of rotatable bonds is 5. The summed E-state index contributed by atoms with van der Waals surface area (Å²) in [6, 6.07) is 21.5. The third kappa shape index (κ3) is 3.79. The molecular weight excluding hydrogens is 428 g/mol. The van der Waals surface area contributed by atoms with E-state index in [9.17, 15) is 9.59 Å². The number of hydrogen-bond donors (Lipinski definition) is 0. The molecule has 0 spiro atoms. The lowest BCUT2D eigenvalue weighted by molar-refractivity contribution is 0.0525. The van der Waals surface area contributed by atoms with Crippen LogP contribution in [0.3, 0.4) is 0 Å². The van der Waals surface area contributed by atoms with Gasteiger partial charge in [0, 0.05) is 30.5 Å². The first kappa shape index (κ1) is 21.7. The molecule has 7 nitrogen and oxygen atoms in total. The molecule has 2 aromatic heterocycles. The van der Waals surface area contributed by atoms with Crippen molar-refractivity contribution in [1.29, 1.82) is 0 Å². The van der Waals surface area contributed by atoms with E-state index in [1.54, 1.807) is 11.6 Å². The number of carbonyl (C=O) groups excluding carboxylic acids is 2. The fourth-order valence-corrected chi connectivity index (χ4v) is 4.58. The molecule has 0 saturated carbocycles. The predicted octanol–water partition coefficient (Wildman–Crippen LogP) is 4.40. The number of benzene rings is 2. The zero-order valence-corrected chi connectivity index (χ0v) is 19.2. The average Bonchev–Trinajstić information content (AvgIpc) is 3.50. The quantitative estimate of drug-likeness (QED) is 0.419. The van der Waals surface area contributed by atoms with Crippen molar-refractivity contribution in [2.45, 2.75) is 26.4 Å². The maximum absolute atomic E-state index is 13.6. The third-order valence-corrected chi connectivity index (χ3v) is 6.28. The van der Waals surface area contributed by atoms with Crippen molar-refractivity contribution in [2.24, 2.45) is 0 Å². The van der Waals surface area contributed by atoms with Crippen molar-refractivity contribution in [2.75, 3.05) is 13.2 Å². The van der Waals surface area contributed by atoms with Crippen molar-refractivity contribution in [3.63, 3.8) is 0 Å². The molecule has 34 heavy (non-hydrogen) atoms. The summed E-state index contributed by atoms with van der Waals surface area (Å²) in [5, 5.41) is 4.34. The fraction of sp³-hybridized carbons (Fsp3) is 0.222. The number of amides is 1. The van der Waals surface area contributed by atoms with Crippen LogP contribution in [0.5, 0.6) is 0 Å². The number of carbonyl (C=O) groups is 2. The van der Waals surface area contributed by atoms with Crippen LogP contribution in [0.4, 0.5) is 0 Å². The van der Waals surface area contributed by atoms with E-state index >= 15 is 0 Å². The van der Waals surface area contributed by atoms with Gasteiger partial charge in [-0.3, -0.25) is 4.79 Å². The average molecular weight is 455 g/mol. The highest BCUT2D eigenvalue weighted by Crippen LogP contribution is 2.33. The Kier molecular flexibility index (Phi) is 5.76. The number of nitrogens with zero attached hydrogens (tertiary/aromatic N) is 4. The van der Waals surface area contributed by atoms with Crippen LogP contribution in [-0.2, 0) is 11.3 Å². The summed E-state index contributed by atoms with van der Waals surface area (Å²) in [5.74, 6) is -0.405. The minimum absolute atomic E-state index is 0.0164. The number of hydrogen-bond acceptors (Lipinski definition) is 4. The van der Waals surface area contributed by atoms with E-state index in [1.165, 1.54) is 6.20 Å². The largest absolute Gasteiger partial charge is 0.462 e. The Morgan fingerprint density at radius 3 is 2.50 bits per heavy atom. The highest BCUT2D eigenvalue weighted by atomic mass is 16.5. The van der Waals surface area contributed by atoms with Crippen LogP contribution in [-0.4, -0.2) is 44.3 Å². The van der Waals surface area contributed by atoms with Gasteiger partial charge in [-0.2, -0.15) is 5.10 Å². The van der Waals surface area contributed by atoms with Crippen molar-refractivity contribution in [1.82, 2.24) is 19.2 Å². The van der Waals surface area contributed by atoms with Gasteiger partial charge in [0.1, 0.15) is 5.56 Å². The molecule has 2 aromatic carbocycles. The van der Waals surface area contributed by atoms with Crippen LogP contribution in [0.15, 0.2) is 79.1 Å². The minimum atomic E-state index is -0.389. The van der Waals surface area contributed by atoms with E-state index in [0.29, 0.717) is 30.0 Å². The Morgan fingerprint density at radius 2 is 1.76 bits per heavy atom. The number of ether oxygens (including phenoxy) is 1. The summed E-state index contributed by atoms with van der Waals surface area (Å²) in [5.41, 5.74) is 4.71. The summed E-state index contributed by atoms with van der Waals surface area (Å²) in [6.07, 6.45) is 3.58. The molecule has 4 aromatic rings. The second kappa shape index (κ2) is 9.02. The molecule has 3 heterocycles. The second-order valence-electron chi connectivity index (χ2n) is 8.26. The molecule has 172 valence electrons. The van der Waals surface area contributed by atoms with Gasteiger partial charge in [-0.1, -0.05) is 30.3 Å². The van der Waals surface area contributed by atoms with E-state index in [2.05, 4.69) is 34.1 Å². The molecular formula is C27H26N4O3. The standard InChI is InChI=1S/C27H26N4O3/c1-3-34-27(33)23-18-28-31(19(23)2)22-13-11-21(12-14-22)26(32)30-17-16-29-15-7-10-24(29)25(30)20-8-5-4-6-9-20/h4-15,18,25H,3,16-17H2,1-2H3. The van der Waals surface area contributed by atoms with Crippen LogP contribution < -0.4 is 0 Å². The van der Waals surface area contributed by atoms with Crippen molar-refractivity contribution >= 4 is 11.9 Å². The monoisotopic (exact) mass is 454 g/mol. The Labute approximate surface area is 198 Å². The van der Waals surface area contributed by atoms with Crippen molar-refractivity contribution in [3.8, 4) is 5.69 Å². The van der Waals surface area contributed by atoms with Gasteiger partial charge in [-0.15, -0.1) is 0 Å². The maximum atomic E-state index is 13.6. The Morgan fingerprint density at radius 1 is 1.00 bits per heavy atom. The first-order valence-electron chi connectivity index (χ1n) is 11.4. The van der Waals surface area contributed by atoms with E-state index in [4.69, 9.17) is 4.74 Å². The molecule has 0 saturated heterocycles. The molecule has 1 aliphatic rings. The third-order valence-electron chi connectivity index (χ3n) is 6.28. The zero-order chi connectivity index (χ0) is 23.7. The lowest BCUT2D eigenvalue weighted by Gasteiger charge is -2.37. The van der Waals surface area contributed by atoms with E-state index in [-0.39, 0.29) is 17.9 Å². The van der Waals surface area contributed by atoms with Gasteiger partial charge >= 0.3 is 5.97 Å². The molecule has 1 amide bonds. The summed E-state index contributed by atoms with van der Waals surface area (Å²) in [6.45, 7) is 5.30. The molecule has 0 aliphatic carbocycles. The molecule has 7 heteroatoms. The molecule has 1 unspecified atom stereocenters. The number of esters is 1. The zero-order valence-electron chi connectivity index (χ0n) is 19.2. The van der Waals surface area contributed by atoms with Gasteiger partial charge in [-0.05, 0) is 55.8 Å². The lowest BCUT2D eigenvalue weighted by atomic mass is 9.99. The van der Waals surface area contributed by atoms with Gasteiger partial charge in [-0.25, -0.2) is 9.48 Å². The summed E-state index contributed by atoms with van der Waals surface area (Å²) >= 11 is 0. The van der Waals surface area contributed by atoms with Crippen LogP contribution >= 0.6 is 0 Å². The van der Waals surface area contributed by atoms with Crippen LogP contribution in [0, 0.1) is 6.92 Å². The Hall–Kier alpha value is -4.13. The lowest BCUT2D eigenvalue weighted by Crippen LogP contribution is -2.42. The molecule has 0 N–H and O–H groups in total. The van der Waals surface area contributed by atoms with Gasteiger partial charge < -0.3 is 14.2 Å². The van der Waals surface area contributed by atoms with E-state index in [0.717, 1.165) is 23.5 Å². The second-order valence-corrected chi connectivity index (χ2v) is 8.26. The van der Waals surface area contributed by atoms with Crippen LogP contribution in [0.25, 0.3) is 5.69 Å². The Bertz CT molecular complexity index is 1320. The van der Waals surface area contributed by atoms with Crippen LogP contribution in [0.2, 0.25) is 0 Å². The molecule has 0 radical (unpaired) electrons. The molecule has 0 fully saturated rings. The number of aromatic nitrogens is 3. The fourth-order valence-electron chi connectivity index (χ4n) is 4.58. The van der Waals surface area contributed by atoms with Gasteiger partial charge in [0.05, 0.1) is 30.2 Å². The molecule has 1 aliphatic heterocycles. The first-order valence-corrected chi connectivity index (χ1v) is 11.4. The van der Waals surface area contributed by atoms with Crippen LogP contribution in [0.1, 0.15) is 50.6 Å². The summed E-state index contributed by atoms with van der Waals surface area (Å²) in [7, 11) is 0. The van der Waals surface area contributed by atoms with E-state index in [1.807, 2.05) is 60.4 Å². The smallest absolute Gasteiger partial charge is 0.341 e. The number of fused-ring (bicyclic) bond motifs is 1. The van der Waals surface area contributed by atoms with Gasteiger partial charge in [0.25, 0.3) is 5.91 Å². The normalized spacial score (nSPS) is 15.1. The Balaban J connectivity index is 1.43.